The van der Waals surface area contributed by atoms with Gasteiger partial charge in [-0.3, -0.25) is 4.99 Å². The molecular formula is C16H25BrIN3. The molecular weight excluding hydrogens is 441 g/mol. The van der Waals surface area contributed by atoms with E-state index in [2.05, 4.69) is 71.6 Å². The van der Waals surface area contributed by atoms with Crippen molar-refractivity contribution in [2.75, 3.05) is 13.1 Å². The highest BCUT2D eigenvalue weighted by molar-refractivity contribution is 14.0. The summed E-state index contributed by atoms with van der Waals surface area (Å²) in [7, 11) is 0. The molecule has 1 aliphatic carbocycles. The number of benzene rings is 1. The zero-order valence-corrected chi connectivity index (χ0v) is 16.9. The summed E-state index contributed by atoms with van der Waals surface area (Å²) in [6.07, 6.45) is 2.46. The molecule has 0 saturated heterocycles. The number of rotatable bonds is 5. The quantitative estimate of drug-likeness (QED) is 0.390. The van der Waals surface area contributed by atoms with Crippen LogP contribution < -0.4 is 10.6 Å². The van der Waals surface area contributed by atoms with Gasteiger partial charge in [0.05, 0.1) is 6.54 Å². The Bertz CT molecular complexity index is 484. The fourth-order valence-electron chi connectivity index (χ4n) is 2.33. The second kappa shape index (κ2) is 8.36. The van der Waals surface area contributed by atoms with Gasteiger partial charge in [0.15, 0.2) is 5.96 Å². The predicted molar refractivity (Wildman–Crippen MR) is 105 cm³/mol. The van der Waals surface area contributed by atoms with Gasteiger partial charge in [-0.1, -0.05) is 28.1 Å². The Kier molecular flexibility index (Phi) is 7.47. The van der Waals surface area contributed by atoms with E-state index in [1.54, 1.807) is 0 Å². The van der Waals surface area contributed by atoms with E-state index < -0.39 is 0 Å². The highest BCUT2D eigenvalue weighted by Crippen LogP contribution is 2.48. The first-order chi connectivity index (χ1) is 9.55. The van der Waals surface area contributed by atoms with E-state index in [1.165, 1.54) is 18.4 Å². The number of nitrogens with one attached hydrogen (secondary N) is 2. The van der Waals surface area contributed by atoms with Crippen LogP contribution in [0, 0.1) is 0 Å². The van der Waals surface area contributed by atoms with Gasteiger partial charge in [-0.15, -0.1) is 24.0 Å². The van der Waals surface area contributed by atoms with Crippen LogP contribution in [0.5, 0.6) is 0 Å². The second-order valence-corrected chi connectivity index (χ2v) is 6.70. The third-order valence-corrected chi connectivity index (χ3v) is 4.09. The Morgan fingerprint density at radius 1 is 1.38 bits per heavy atom. The van der Waals surface area contributed by atoms with Crippen LogP contribution in [0.15, 0.2) is 33.7 Å². The molecule has 0 radical (unpaired) electrons. The maximum Gasteiger partial charge on any atom is 0.191 e. The Morgan fingerprint density at radius 2 is 2.10 bits per heavy atom. The fourth-order valence-corrected chi connectivity index (χ4v) is 2.73. The summed E-state index contributed by atoms with van der Waals surface area (Å²) in [6, 6.07) is 9.03. The number of hydrogen-bond donors (Lipinski definition) is 2. The SMILES string of the molecule is CCNC(=NCC1(c2cccc(Br)c2)CC1)NC(C)C.I. The van der Waals surface area contributed by atoms with Crippen LogP contribution in [-0.4, -0.2) is 25.1 Å². The van der Waals surface area contributed by atoms with Gasteiger partial charge in [-0.2, -0.15) is 0 Å². The van der Waals surface area contributed by atoms with Crippen molar-refractivity contribution in [1.82, 2.24) is 10.6 Å². The van der Waals surface area contributed by atoms with Crippen LogP contribution in [0.3, 0.4) is 0 Å². The molecule has 1 aromatic carbocycles. The lowest BCUT2D eigenvalue weighted by molar-refractivity contribution is 0.669. The molecule has 0 aromatic heterocycles. The molecule has 2 rings (SSSR count). The van der Waals surface area contributed by atoms with Crippen LogP contribution in [0.4, 0.5) is 0 Å². The third-order valence-electron chi connectivity index (χ3n) is 3.60. The van der Waals surface area contributed by atoms with Crippen molar-refractivity contribution in [3.63, 3.8) is 0 Å². The first kappa shape index (κ1) is 18.7. The molecule has 1 fully saturated rings. The van der Waals surface area contributed by atoms with Crippen molar-refractivity contribution in [1.29, 1.82) is 0 Å². The minimum absolute atomic E-state index is 0. The summed E-state index contributed by atoms with van der Waals surface area (Å²) >= 11 is 3.56. The number of halogens is 2. The van der Waals surface area contributed by atoms with Crippen LogP contribution in [0.2, 0.25) is 0 Å². The third kappa shape index (κ3) is 5.43. The van der Waals surface area contributed by atoms with E-state index in [9.17, 15) is 0 Å². The van der Waals surface area contributed by atoms with E-state index in [4.69, 9.17) is 4.99 Å². The fraction of sp³-hybridized carbons (Fsp3) is 0.562. The summed E-state index contributed by atoms with van der Waals surface area (Å²) < 4.78 is 1.15. The van der Waals surface area contributed by atoms with Gasteiger partial charge >= 0.3 is 0 Å². The lowest BCUT2D eigenvalue weighted by atomic mass is 9.96. The van der Waals surface area contributed by atoms with Gasteiger partial charge in [0.25, 0.3) is 0 Å². The van der Waals surface area contributed by atoms with Gasteiger partial charge in [-0.05, 0) is 51.3 Å². The van der Waals surface area contributed by atoms with Crippen LogP contribution in [-0.2, 0) is 5.41 Å². The monoisotopic (exact) mass is 465 g/mol. The molecule has 2 N–H and O–H groups in total. The summed E-state index contributed by atoms with van der Waals surface area (Å²) in [5.41, 5.74) is 1.65. The normalized spacial score (nSPS) is 16.3. The molecule has 1 aliphatic rings. The first-order valence-electron chi connectivity index (χ1n) is 7.36. The maximum absolute atomic E-state index is 4.77. The van der Waals surface area contributed by atoms with Crippen LogP contribution in [0.1, 0.15) is 39.2 Å². The van der Waals surface area contributed by atoms with E-state index in [0.717, 1.165) is 23.5 Å². The molecule has 3 nitrogen and oxygen atoms in total. The van der Waals surface area contributed by atoms with Gasteiger partial charge in [0.2, 0.25) is 0 Å². The topological polar surface area (TPSA) is 36.4 Å². The van der Waals surface area contributed by atoms with Crippen molar-refractivity contribution >= 4 is 45.9 Å². The molecule has 21 heavy (non-hydrogen) atoms. The van der Waals surface area contributed by atoms with Crippen molar-refractivity contribution in [3.8, 4) is 0 Å². The number of nitrogens with zero attached hydrogens (tertiary/aromatic N) is 1. The molecule has 118 valence electrons. The Morgan fingerprint density at radius 3 is 2.62 bits per heavy atom. The summed E-state index contributed by atoms with van der Waals surface area (Å²) in [6.45, 7) is 8.11. The Balaban J connectivity index is 0.00000220. The summed E-state index contributed by atoms with van der Waals surface area (Å²) in [5, 5.41) is 6.68. The van der Waals surface area contributed by atoms with Gasteiger partial charge in [-0.25, -0.2) is 0 Å². The van der Waals surface area contributed by atoms with Crippen LogP contribution >= 0.6 is 39.9 Å². The van der Waals surface area contributed by atoms with Crippen molar-refractivity contribution in [3.05, 3.63) is 34.3 Å². The Labute approximate surface area is 153 Å². The molecule has 1 aromatic rings. The molecule has 0 aliphatic heterocycles. The zero-order valence-electron chi connectivity index (χ0n) is 12.9. The van der Waals surface area contributed by atoms with E-state index in [0.29, 0.717) is 6.04 Å². The number of guanidine groups is 1. The molecule has 0 spiro atoms. The van der Waals surface area contributed by atoms with Crippen molar-refractivity contribution in [2.24, 2.45) is 4.99 Å². The van der Waals surface area contributed by atoms with Gasteiger partial charge in [0, 0.05) is 22.5 Å². The second-order valence-electron chi connectivity index (χ2n) is 5.78. The van der Waals surface area contributed by atoms with E-state index in [-0.39, 0.29) is 29.4 Å². The average Bonchev–Trinajstić information content (AvgIpc) is 3.17. The lowest BCUT2D eigenvalue weighted by Crippen LogP contribution is -2.41. The maximum atomic E-state index is 4.77. The minimum Gasteiger partial charge on any atom is -0.357 e. The molecule has 0 atom stereocenters. The summed E-state index contributed by atoms with van der Waals surface area (Å²) in [5.74, 6) is 0.920. The standard InChI is InChI=1S/C16H24BrN3.HI/c1-4-18-15(20-12(2)3)19-11-16(8-9-16)13-6-5-7-14(17)10-13;/h5-7,10,12H,4,8-9,11H2,1-3H3,(H2,18,19,20);1H. The summed E-state index contributed by atoms with van der Waals surface area (Å²) in [4.78, 5) is 4.77. The van der Waals surface area contributed by atoms with Gasteiger partial charge in [0.1, 0.15) is 0 Å². The van der Waals surface area contributed by atoms with E-state index in [1.807, 2.05) is 0 Å². The first-order valence-corrected chi connectivity index (χ1v) is 8.16. The average molecular weight is 466 g/mol. The highest BCUT2D eigenvalue weighted by Gasteiger charge is 2.44. The van der Waals surface area contributed by atoms with Crippen molar-refractivity contribution in [2.45, 2.75) is 45.1 Å². The molecule has 0 unspecified atom stereocenters. The number of aliphatic imine (C=N–C) groups is 1. The molecule has 0 amide bonds. The largest absolute Gasteiger partial charge is 0.357 e. The minimum atomic E-state index is 0. The zero-order chi connectivity index (χ0) is 14.6. The number of hydrogen-bond acceptors (Lipinski definition) is 1. The molecule has 0 heterocycles. The van der Waals surface area contributed by atoms with E-state index >= 15 is 0 Å². The highest BCUT2D eigenvalue weighted by atomic mass is 127. The van der Waals surface area contributed by atoms with Gasteiger partial charge < -0.3 is 10.6 Å². The predicted octanol–water partition coefficient (Wildman–Crippen LogP) is 4.06. The molecule has 0 bridgehead atoms. The van der Waals surface area contributed by atoms with Crippen LogP contribution in [0.25, 0.3) is 0 Å². The smallest absolute Gasteiger partial charge is 0.191 e. The Hall–Kier alpha value is -0.300. The lowest BCUT2D eigenvalue weighted by Gasteiger charge is -2.17. The molecule has 1 saturated carbocycles. The molecule has 5 heteroatoms. The van der Waals surface area contributed by atoms with Crippen molar-refractivity contribution < 1.29 is 0 Å².